The second kappa shape index (κ2) is 2.28. The molecule has 1 rings (SSSR count). The van der Waals surface area contributed by atoms with E-state index in [1.807, 2.05) is 6.92 Å². The summed E-state index contributed by atoms with van der Waals surface area (Å²) in [6.45, 7) is 3.53. The first kappa shape index (κ1) is 5.70. The summed E-state index contributed by atoms with van der Waals surface area (Å²) in [6.07, 6.45) is 2.54. The molecule has 0 saturated heterocycles. The van der Waals surface area contributed by atoms with Crippen LogP contribution in [0.2, 0.25) is 0 Å². The minimum Gasteiger partial charge on any atom is -0.244 e. The zero-order valence-corrected chi connectivity index (χ0v) is 6.21. The Morgan fingerprint density at radius 3 is 2.33 bits per heavy atom. The lowest BCUT2D eigenvalue weighted by Crippen LogP contribution is -2.24. The lowest BCUT2D eigenvalue weighted by Gasteiger charge is -2.28. The second-order valence-electron chi connectivity index (χ2n) is 3.37. The number of hydrogen-bond acceptors (Lipinski definition) is 0. The van der Waals surface area contributed by atoms with Crippen LogP contribution >= 0.6 is 0 Å². The van der Waals surface area contributed by atoms with E-state index in [1.54, 1.807) is 6.92 Å². The predicted octanol–water partition coefficient (Wildman–Crippen LogP) is 2.92. The van der Waals surface area contributed by atoms with Gasteiger partial charge in [-0.2, -0.15) is 0 Å². The fraction of sp³-hybridized carbons (Fsp3) is 1.00. The average Bonchev–Trinajstić information content (AvgIpc) is 1.79. The van der Waals surface area contributed by atoms with E-state index in [4.69, 9.17) is 1.37 Å². The van der Waals surface area contributed by atoms with E-state index in [-0.39, 0.29) is 5.89 Å². The number of rotatable bonds is 0. The molecule has 0 aromatic heterocycles. The third-order valence-electron chi connectivity index (χ3n) is 2.15. The maximum atomic E-state index is 13.1. The minimum atomic E-state index is -0.986. The largest absolute Gasteiger partial charge is 0.244 e. The van der Waals surface area contributed by atoms with Gasteiger partial charge in [0, 0.05) is 1.37 Å². The number of alkyl halides is 1. The van der Waals surface area contributed by atoms with Gasteiger partial charge >= 0.3 is 0 Å². The molecule has 0 nitrogen and oxygen atoms in total. The first-order valence-corrected chi connectivity index (χ1v) is 3.60. The van der Waals surface area contributed by atoms with Crippen molar-refractivity contribution in [3.8, 4) is 0 Å². The molecular weight excluding hydrogens is 115 g/mol. The Hall–Kier alpha value is -0.0700. The van der Waals surface area contributed by atoms with E-state index in [1.165, 1.54) is 0 Å². The van der Waals surface area contributed by atoms with Crippen LogP contribution in [0.25, 0.3) is 0 Å². The van der Waals surface area contributed by atoms with Crippen molar-refractivity contribution in [1.29, 1.82) is 0 Å². The minimum absolute atomic E-state index is 0.356. The summed E-state index contributed by atoms with van der Waals surface area (Å²) >= 11 is 0. The molecular formula is C8H15F. The van der Waals surface area contributed by atoms with Gasteiger partial charge in [0.05, 0.1) is 0 Å². The third-order valence-corrected chi connectivity index (χ3v) is 2.15. The highest BCUT2D eigenvalue weighted by Gasteiger charge is 2.28. The molecule has 0 atom stereocenters. The van der Waals surface area contributed by atoms with Crippen LogP contribution in [0, 0.1) is 5.89 Å². The molecule has 1 heteroatoms. The fourth-order valence-corrected chi connectivity index (χ4v) is 1.20. The van der Waals surface area contributed by atoms with E-state index in [9.17, 15) is 4.39 Å². The smallest absolute Gasteiger partial charge is 0.108 e. The highest BCUT2D eigenvalue weighted by molar-refractivity contribution is 4.79. The zero-order valence-electron chi connectivity index (χ0n) is 7.21. The molecule has 0 bridgehead atoms. The maximum Gasteiger partial charge on any atom is 0.108 e. The van der Waals surface area contributed by atoms with Crippen molar-refractivity contribution in [1.82, 2.24) is 0 Å². The van der Waals surface area contributed by atoms with Crippen LogP contribution in [0.3, 0.4) is 0 Å². The Morgan fingerprint density at radius 1 is 1.56 bits per heavy atom. The van der Waals surface area contributed by atoms with Crippen molar-refractivity contribution >= 4 is 0 Å². The van der Waals surface area contributed by atoms with Crippen molar-refractivity contribution in [2.24, 2.45) is 5.89 Å². The van der Waals surface area contributed by atoms with E-state index in [0.717, 1.165) is 0 Å². The molecule has 0 amide bonds. The van der Waals surface area contributed by atoms with Gasteiger partial charge in [0.25, 0.3) is 0 Å². The van der Waals surface area contributed by atoms with E-state index in [2.05, 4.69) is 0 Å². The van der Waals surface area contributed by atoms with Gasteiger partial charge in [0.2, 0.25) is 0 Å². The Kier molecular flexibility index (Phi) is 1.44. The summed E-state index contributed by atoms with van der Waals surface area (Å²) in [5.41, 5.74) is -0.986. The first-order valence-electron chi connectivity index (χ1n) is 4.10. The number of halogens is 1. The van der Waals surface area contributed by atoms with Crippen molar-refractivity contribution in [2.75, 3.05) is 0 Å². The summed E-state index contributed by atoms with van der Waals surface area (Å²) < 4.78 is 20.8. The molecule has 1 aliphatic rings. The summed E-state index contributed by atoms with van der Waals surface area (Å²) in [7, 11) is 0. The molecule has 0 aromatic rings. The maximum absolute atomic E-state index is 13.1. The average molecular weight is 131 g/mol. The standard InChI is InChI=1S/C8H15F/c1-7-3-5-8(2,9)6-4-7/h7H,3-6H2,1-2H3/i7D. The van der Waals surface area contributed by atoms with Gasteiger partial charge in [-0.3, -0.25) is 0 Å². The molecule has 0 unspecified atom stereocenters. The van der Waals surface area contributed by atoms with Gasteiger partial charge in [-0.15, -0.1) is 0 Å². The SMILES string of the molecule is [2H]C1(C)CCC(C)(F)CC1. The van der Waals surface area contributed by atoms with Crippen LogP contribution < -0.4 is 0 Å². The molecule has 1 fully saturated rings. The summed E-state index contributed by atoms with van der Waals surface area (Å²) in [4.78, 5) is 0. The molecule has 1 aliphatic carbocycles. The Morgan fingerprint density at radius 2 is 2.00 bits per heavy atom. The van der Waals surface area contributed by atoms with E-state index in [0.29, 0.717) is 25.7 Å². The monoisotopic (exact) mass is 131 g/mol. The molecule has 0 N–H and O–H groups in total. The summed E-state index contributed by atoms with van der Waals surface area (Å²) in [5, 5.41) is 0. The Balaban J connectivity index is 2.46. The normalized spacial score (nSPS) is 54.8. The van der Waals surface area contributed by atoms with Crippen LogP contribution in [-0.2, 0) is 0 Å². The van der Waals surface area contributed by atoms with Gasteiger partial charge in [0.15, 0.2) is 0 Å². The van der Waals surface area contributed by atoms with Gasteiger partial charge in [-0.1, -0.05) is 6.92 Å². The summed E-state index contributed by atoms with van der Waals surface area (Å²) in [5.74, 6) is -0.356. The molecule has 0 heterocycles. The van der Waals surface area contributed by atoms with E-state index >= 15 is 0 Å². The summed E-state index contributed by atoms with van der Waals surface area (Å²) in [6, 6.07) is 0. The first-order chi connectivity index (χ1) is 4.41. The molecule has 0 spiro atoms. The molecule has 0 radical (unpaired) electrons. The lowest BCUT2D eigenvalue weighted by atomic mass is 9.82. The van der Waals surface area contributed by atoms with Crippen LogP contribution in [-0.4, -0.2) is 5.67 Å². The van der Waals surface area contributed by atoms with Crippen LogP contribution in [0.15, 0.2) is 0 Å². The zero-order chi connectivity index (χ0) is 7.83. The van der Waals surface area contributed by atoms with Crippen LogP contribution in [0.4, 0.5) is 4.39 Å². The van der Waals surface area contributed by atoms with Crippen molar-refractivity contribution < 1.29 is 5.76 Å². The lowest BCUT2D eigenvalue weighted by molar-refractivity contribution is 0.108. The highest BCUT2D eigenvalue weighted by Crippen LogP contribution is 2.33. The number of hydrogen-bond donors (Lipinski definition) is 0. The predicted molar refractivity (Wildman–Crippen MR) is 37.1 cm³/mol. The Bertz CT molecular complexity index is 101. The van der Waals surface area contributed by atoms with Crippen LogP contribution in [0.1, 0.15) is 40.9 Å². The van der Waals surface area contributed by atoms with Crippen LogP contribution in [0.5, 0.6) is 0 Å². The highest BCUT2D eigenvalue weighted by atomic mass is 19.1. The third kappa shape index (κ3) is 1.96. The van der Waals surface area contributed by atoms with Crippen molar-refractivity contribution in [2.45, 2.75) is 45.2 Å². The van der Waals surface area contributed by atoms with Gasteiger partial charge in [0.1, 0.15) is 5.67 Å². The quantitative estimate of drug-likeness (QED) is 0.474. The van der Waals surface area contributed by atoms with Gasteiger partial charge in [-0.25, -0.2) is 4.39 Å². The molecule has 0 aromatic carbocycles. The topological polar surface area (TPSA) is 0 Å². The van der Waals surface area contributed by atoms with Crippen molar-refractivity contribution in [3.05, 3.63) is 0 Å². The van der Waals surface area contributed by atoms with Crippen molar-refractivity contribution in [3.63, 3.8) is 0 Å². The molecule has 0 aliphatic heterocycles. The van der Waals surface area contributed by atoms with Gasteiger partial charge < -0.3 is 0 Å². The Labute approximate surface area is 57.9 Å². The molecule has 1 saturated carbocycles. The van der Waals surface area contributed by atoms with E-state index < -0.39 is 5.67 Å². The molecule has 54 valence electrons. The fourth-order valence-electron chi connectivity index (χ4n) is 1.20. The molecule has 9 heavy (non-hydrogen) atoms. The van der Waals surface area contributed by atoms with Gasteiger partial charge in [-0.05, 0) is 38.5 Å². The second-order valence-corrected chi connectivity index (χ2v) is 3.37.